The second-order valence-electron chi connectivity index (χ2n) is 4.34. The summed E-state index contributed by atoms with van der Waals surface area (Å²) in [5.74, 6) is 1.17. The fourth-order valence-electron chi connectivity index (χ4n) is 1.23. The molecule has 2 nitrogen and oxygen atoms in total. The second kappa shape index (κ2) is 11.0. The molecule has 0 fully saturated rings. The summed E-state index contributed by atoms with van der Waals surface area (Å²) in [5, 5.41) is 17.2. The van der Waals surface area contributed by atoms with Gasteiger partial charge in [0.25, 0.3) is 0 Å². The van der Waals surface area contributed by atoms with Gasteiger partial charge in [-0.25, -0.2) is 0 Å². The summed E-state index contributed by atoms with van der Waals surface area (Å²) >= 11 is 0. The Morgan fingerprint density at radius 3 is 1.43 bits per heavy atom. The van der Waals surface area contributed by atoms with Crippen LogP contribution in [0.25, 0.3) is 0 Å². The van der Waals surface area contributed by atoms with Gasteiger partial charge in [0.05, 0.1) is 6.10 Å². The minimum absolute atomic E-state index is 0.125. The van der Waals surface area contributed by atoms with Crippen molar-refractivity contribution in [3.05, 3.63) is 0 Å². The Kier molecular flexibility index (Phi) is 12.8. The molecule has 1 atom stereocenters. The molecule has 2 N–H and O–H groups in total. The predicted molar refractivity (Wildman–Crippen MR) is 62.3 cm³/mol. The smallest absolute Gasteiger partial charge is 0.0514 e. The maximum absolute atomic E-state index is 8.72. The van der Waals surface area contributed by atoms with Crippen LogP contribution in [0, 0.1) is 11.8 Å². The van der Waals surface area contributed by atoms with E-state index in [-0.39, 0.29) is 6.10 Å². The molecule has 0 aliphatic carbocycles. The lowest BCUT2D eigenvalue weighted by molar-refractivity contribution is 0.168. The first kappa shape index (κ1) is 16.4. The van der Waals surface area contributed by atoms with E-state index in [1.54, 1.807) is 0 Å². The zero-order valence-electron chi connectivity index (χ0n) is 10.5. The van der Waals surface area contributed by atoms with Gasteiger partial charge in [-0.05, 0) is 25.2 Å². The van der Waals surface area contributed by atoms with Crippen molar-refractivity contribution < 1.29 is 10.2 Å². The first-order valence-electron chi connectivity index (χ1n) is 5.76. The monoisotopic (exact) mass is 204 g/mol. The van der Waals surface area contributed by atoms with Gasteiger partial charge in [-0.2, -0.15) is 0 Å². The number of aliphatic hydroxyl groups is 2. The highest BCUT2D eigenvalue weighted by Crippen LogP contribution is 2.03. The highest BCUT2D eigenvalue weighted by molar-refractivity contribution is 4.49. The van der Waals surface area contributed by atoms with Crippen molar-refractivity contribution in [3.8, 4) is 0 Å². The predicted octanol–water partition coefficient (Wildman–Crippen LogP) is 2.83. The summed E-state index contributed by atoms with van der Waals surface area (Å²) in [6.45, 7) is 10.6. The van der Waals surface area contributed by atoms with E-state index in [1.807, 2.05) is 6.92 Å². The molecular weight excluding hydrogens is 176 g/mol. The highest BCUT2D eigenvalue weighted by atomic mass is 16.3. The number of hydrogen-bond acceptors (Lipinski definition) is 2. The first-order chi connectivity index (χ1) is 6.47. The third kappa shape index (κ3) is 14.4. The van der Waals surface area contributed by atoms with E-state index in [9.17, 15) is 0 Å². The van der Waals surface area contributed by atoms with Gasteiger partial charge in [0, 0.05) is 6.61 Å². The summed E-state index contributed by atoms with van der Waals surface area (Å²) in [5.41, 5.74) is 0. The minimum Gasteiger partial charge on any atom is -0.396 e. The van der Waals surface area contributed by atoms with Gasteiger partial charge in [-0.1, -0.05) is 40.5 Å². The fourth-order valence-corrected chi connectivity index (χ4v) is 1.23. The van der Waals surface area contributed by atoms with Gasteiger partial charge in [0.15, 0.2) is 0 Å². The molecule has 0 amide bonds. The van der Waals surface area contributed by atoms with Crippen LogP contribution in [0.15, 0.2) is 0 Å². The van der Waals surface area contributed by atoms with Crippen LogP contribution in [0.4, 0.5) is 0 Å². The van der Waals surface area contributed by atoms with Crippen molar-refractivity contribution >= 4 is 0 Å². The van der Waals surface area contributed by atoms with Crippen molar-refractivity contribution in [2.45, 2.75) is 60.0 Å². The van der Waals surface area contributed by atoms with E-state index in [4.69, 9.17) is 10.2 Å². The van der Waals surface area contributed by atoms with Crippen LogP contribution >= 0.6 is 0 Å². The van der Waals surface area contributed by atoms with Gasteiger partial charge in [0.2, 0.25) is 0 Å². The number of rotatable bonds is 5. The standard InChI is InChI=1S/2C6H14O/c1-5(2)4-6(3)7;1-3-6(4-2)5-7/h5-7H,4H2,1-3H3;6-7H,3-5H2,1-2H3. The Morgan fingerprint density at radius 1 is 1.00 bits per heavy atom. The van der Waals surface area contributed by atoms with Crippen molar-refractivity contribution in [2.24, 2.45) is 11.8 Å². The molecule has 14 heavy (non-hydrogen) atoms. The lowest BCUT2D eigenvalue weighted by atomic mass is 10.1. The third-order valence-corrected chi connectivity index (χ3v) is 2.23. The zero-order chi connectivity index (χ0) is 11.6. The number of aliphatic hydroxyl groups excluding tert-OH is 2. The zero-order valence-corrected chi connectivity index (χ0v) is 10.5. The van der Waals surface area contributed by atoms with E-state index in [0.29, 0.717) is 18.4 Å². The Hall–Kier alpha value is -0.0800. The lowest BCUT2D eigenvalue weighted by Crippen LogP contribution is -2.03. The third-order valence-electron chi connectivity index (χ3n) is 2.23. The normalized spacial score (nSPS) is 12.6. The van der Waals surface area contributed by atoms with Crippen LogP contribution in [0.3, 0.4) is 0 Å². The molecule has 0 saturated carbocycles. The Morgan fingerprint density at radius 2 is 1.43 bits per heavy atom. The maximum atomic E-state index is 8.72. The SMILES string of the molecule is CC(C)CC(C)O.CCC(CC)CO. The topological polar surface area (TPSA) is 40.5 Å². The number of hydrogen-bond donors (Lipinski definition) is 2. The van der Waals surface area contributed by atoms with E-state index in [2.05, 4.69) is 27.7 Å². The molecule has 0 rings (SSSR count). The van der Waals surface area contributed by atoms with Crippen LogP contribution < -0.4 is 0 Å². The largest absolute Gasteiger partial charge is 0.396 e. The van der Waals surface area contributed by atoms with Crippen molar-refractivity contribution in [1.29, 1.82) is 0 Å². The molecule has 0 aliphatic heterocycles. The van der Waals surface area contributed by atoms with Crippen molar-refractivity contribution in [3.63, 3.8) is 0 Å². The summed E-state index contributed by atoms with van der Waals surface area (Å²) in [7, 11) is 0. The maximum Gasteiger partial charge on any atom is 0.0514 e. The van der Waals surface area contributed by atoms with E-state index in [1.165, 1.54) is 0 Å². The summed E-state index contributed by atoms with van der Waals surface area (Å²) in [6.07, 6.45) is 3.00. The Balaban J connectivity index is 0. The molecule has 1 unspecified atom stereocenters. The van der Waals surface area contributed by atoms with Gasteiger partial charge in [-0.3, -0.25) is 0 Å². The van der Waals surface area contributed by atoms with E-state index in [0.717, 1.165) is 19.3 Å². The summed E-state index contributed by atoms with van der Waals surface area (Å²) in [4.78, 5) is 0. The summed E-state index contributed by atoms with van der Waals surface area (Å²) < 4.78 is 0. The summed E-state index contributed by atoms with van der Waals surface area (Å²) in [6, 6.07) is 0. The average molecular weight is 204 g/mol. The molecule has 0 aromatic rings. The molecular formula is C12H28O2. The van der Waals surface area contributed by atoms with Gasteiger partial charge in [-0.15, -0.1) is 0 Å². The molecule has 0 radical (unpaired) electrons. The van der Waals surface area contributed by atoms with E-state index < -0.39 is 0 Å². The van der Waals surface area contributed by atoms with Gasteiger partial charge in [0.1, 0.15) is 0 Å². The van der Waals surface area contributed by atoms with Crippen LogP contribution in [0.1, 0.15) is 53.9 Å². The van der Waals surface area contributed by atoms with Gasteiger partial charge >= 0.3 is 0 Å². The first-order valence-corrected chi connectivity index (χ1v) is 5.76. The molecule has 0 aromatic carbocycles. The van der Waals surface area contributed by atoms with Crippen molar-refractivity contribution in [2.75, 3.05) is 6.61 Å². The van der Waals surface area contributed by atoms with Crippen LogP contribution in [0.5, 0.6) is 0 Å². The van der Waals surface area contributed by atoms with E-state index >= 15 is 0 Å². The van der Waals surface area contributed by atoms with Crippen LogP contribution in [-0.2, 0) is 0 Å². The molecule has 0 saturated heterocycles. The highest BCUT2D eigenvalue weighted by Gasteiger charge is 1.97. The Labute approximate surface area is 89.3 Å². The molecule has 0 heterocycles. The molecule has 0 spiro atoms. The molecule has 0 aromatic heterocycles. The fraction of sp³-hybridized carbons (Fsp3) is 1.00. The second-order valence-corrected chi connectivity index (χ2v) is 4.34. The molecule has 88 valence electrons. The molecule has 0 bridgehead atoms. The minimum atomic E-state index is -0.125. The van der Waals surface area contributed by atoms with Crippen LogP contribution in [-0.4, -0.2) is 22.9 Å². The van der Waals surface area contributed by atoms with Crippen molar-refractivity contribution in [1.82, 2.24) is 0 Å². The average Bonchev–Trinajstić information content (AvgIpc) is 2.06. The lowest BCUT2D eigenvalue weighted by Gasteiger charge is -2.04. The quantitative estimate of drug-likeness (QED) is 0.723. The molecule has 0 aliphatic rings. The van der Waals surface area contributed by atoms with Crippen LogP contribution in [0.2, 0.25) is 0 Å². The Bertz CT molecular complexity index is 85.0. The van der Waals surface area contributed by atoms with Gasteiger partial charge < -0.3 is 10.2 Å². The molecule has 2 heteroatoms.